The van der Waals surface area contributed by atoms with Crippen molar-refractivity contribution in [2.75, 3.05) is 0 Å². The SMILES string of the molecule is O=C(CCCc1ncno1)CC[n+]1ccccc1.[Br-]. The Labute approximate surface area is 122 Å². The van der Waals surface area contributed by atoms with Crippen LogP contribution in [0.5, 0.6) is 0 Å². The fourth-order valence-electron chi connectivity index (χ4n) is 1.71. The summed E-state index contributed by atoms with van der Waals surface area (Å²) in [6.45, 7) is 0.736. The maximum atomic E-state index is 11.7. The number of aromatic nitrogens is 3. The van der Waals surface area contributed by atoms with E-state index in [9.17, 15) is 4.79 Å². The van der Waals surface area contributed by atoms with Crippen LogP contribution in [0.2, 0.25) is 0 Å². The number of carbonyl (C=O) groups is 1. The molecule has 19 heavy (non-hydrogen) atoms. The van der Waals surface area contributed by atoms with Gasteiger partial charge in [-0.2, -0.15) is 4.98 Å². The van der Waals surface area contributed by atoms with E-state index < -0.39 is 0 Å². The molecule has 0 saturated heterocycles. The Morgan fingerprint density at radius 1 is 1.21 bits per heavy atom. The number of nitrogens with zero attached hydrogens (tertiary/aromatic N) is 3. The molecule has 0 N–H and O–H groups in total. The third-order valence-electron chi connectivity index (χ3n) is 2.68. The van der Waals surface area contributed by atoms with Crippen molar-refractivity contribution in [3.8, 4) is 0 Å². The van der Waals surface area contributed by atoms with Gasteiger partial charge in [0.1, 0.15) is 5.78 Å². The molecule has 2 heterocycles. The molecule has 0 amide bonds. The highest BCUT2D eigenvalue weighted by Crippen LogP contribution is 2.02. The quantitative estimate of drug-likeness (QED) is 0.572. The van der Waals surface area contributed by atoms with Gasteiger partial charge in [0.2, 0.25) is 5.89 Å². The fourth-order valence-corrected chi connectivity index (χ4v) is 1.71. The molecule has 102 valence electrons. The van der Waals surface area contributed by atoms with Crippen molar-refractivity contribution in [3.05, 3.63) is 42.8 Å². The van der Waals surface area contributed by atoms with Gasteiger partial charge in [-0.25, -0.2) is 4.57 Å². The number of Topliss-reactive ketones (excluding diaryl/α,β-unsaturated/α-hetero) is 1. The van der Waals surface area contributed by atoms with E-state index in [0.717, 1.165) is 13.0 Å². The highest BCUT2D eigenvalue weighted by molar-refractivity contribution is 5.78. The van der Waals surface area contributed by atoms with E-state index in [1.807, 2.05) is 35.2 Å². The molecule has 0 fully saturated rings. The average molecular weight is 326 g/mol. The molecule has 0 atom stereocenters. The van der Waals surface area contributed by atoms with Crippen molar-refractivity contribution in [1.29, 1.82) is 0 Å². The number of hydrogen-bond acceptors (Lipinski definition) is 4. The van der Waals surface area contributed by atoms with Crippen LogP contribution >= 0.6 is 0 Å². The topological polar surface area (TPSA) is 59.9 Å². The van der Waals surface area contributed by atoms with Crippen molar-refractivity contribution in [1.82, 2.24) is 10.1 Å². The molecular formula is C13H16BrN3O2. The van der Waals surface area contributed by atoms with Crippen LogP contribution in [0, 0.1) is 0 Å². The minimum absolute atomic E-state index is 0. The summed E-state index contributed by atoms with van der Waals surface area (Å²) in [5.74, 6) is 0.867. The Kier molecular flexibility index (Phi) is 6.95. The van der Waals surface area contributed by atoms with E-state index in [2.05, 4.69) is 10.1 Å². The predicted molar refractivity (Wildman–Crippen MR) is 63.5 cm³/mol. The lowest BCUT2D eigenvalue weighted by atomic mass is 10.1. The van der Waals surface area contributed by atoms with E-state index >= 15 is 0 Å². The Balaban J connectivity index is 0.00000180. The molecule has 6 heteroatoms. The lowest BCUT2D eigenvalue weighted by molar-refractivity contribution is -0.695. The molecule has 0 radical (unpaired) electrons. The number of carbonyl (C=O) groups excluding carboxylic acids is 1. The number of ketones is 1. The molecule has 2 aromatic heterocycles. The van der Waals surface area contributed by atoms with Crippen LogP contribution in [0.4, 0.5) is 0 Å². The molecule has 0 saturated carbocycles. The molecule has 2 rings (SSSR count). The van der Waals surface area contributed by atoms with Gasteiger partial charge in [-0.05, 0) is 6.42 Å². The van der Waals surface area contributed by atoms with Crippen molar-refractivity contribution in [3.63, 3.8) is 0 Å². The van der Waals surface area contributed by atoms with Crippen LogP contribution in [0.15, 0.2) is 41.4 Å². The number of rotatable bonds is 7. The summed E-state index contributed by atoms with van der Waals surface area (Å²) in [6.07, 6.45) is 7.87. The van der Waals surface area contributed by atoms with Gasteiger partial charge >= 0.3 is 0 Å². The average Bonchev–Trinajstić information content (AvgIpc) is 2.91. The van der Waals surface area contributed by atoms with Gasteiger partial charge in [0.25, 0.3) is 0 Å². The third kappa shape index (κ3) is 5.74. The monoisotopic (exact) mass is 325 g/mol. The maximum absolute atomic E-state index is 11.7. The second-order valence-electron chi connectivity index (χ2n) is 4.09. The first-order valence-corrected chi connectivity index (χ1v) is 6.06. The van der Waals surface area contributed by atoms with Gasteiger partial charge in [0.15, 0.2) is 25.3 Å². The Hall–Kier alpha value is -1.56. The van der Waals surface area contributed by atoms with Gasteiger partial charge in [-0.1, -0.05) is 11.2 Å². The summed E-state index contributed by atoms with van der Waals surface area (Å²) in [7, 11) is 0. The van der Waals surface area contributed by atoms with Gasteiger partial charge in [-0.15, -0.1) is 0 Å². The Bertz CT molecular complexity index is 474. The highest BCUT2D eigenvalue weighted by atomic mass is 79.9. The second-order valence-corrected chi connectivity index (χ2v) is 4.09. The normalized spacial score (nSPS) is 9.89. The van der Waals surface area contributed by atoms with Crippen LogP contribution in [0.25, 0.3) is 0 Å². The third-order valence-corrected chi connectivity index (χ3v) is 2.68. The minimum atomic E-state index is 0. The largest absolute Gasteiger partial charge is 1.00 e. The smallest absolute Gasteiger partial charge is 0.226 e. The molecule has 2 aromatic rings. The molecule has 5 nitrogen and oxygen atoms in total. The predicted octanol–water partition coefficient (Wildman–Crippen LogP) is -1.66. The first-order chi connectivity index (χ1) is 8.84. The van der Waals surface area contributed by atoms with E-state index in [1.165, 1.54) is 6.33 Å². The summed E-state index contributed by atoms with van der Waals surface area (Å²) < 4.78 is 6.88. The number of hydrogen-bond donors (Lipinski definition) is 0. The van der Waals surface area contributed by atoms with Gasteiger partial charge in [-0.3, -0.25) is 4.79 Å². The van der Waals surface area contributed by atoms with Crippen LogP contribution in [-0.2, 0) is 17.8 Å². The molecule has 0 aliphatic heterocycles. The fraction of sp³-hybridized carbons (Fsp3) is 0.385. The Morgan fingerprint density at radius 2 is 2.00 bits per heavy atom. The van der Waals surface area contributed by atoms with Crippen LogP contribution in [-0.4, -0.2) is 15.9 Å². The zero-order valence-electron chi connectivity index (χ0n) is 10.5. The van der Waals surface area contributed by atoms with Crippen molar-refractivity contribution < 1.29 is 30.9 Å². The molecule has 0 aliphatic carbocycles. The lowest BCUT2D eigenvalue weighted by Crippen LogP contribution is -3.00. The van der Waals surface area contributed by atoms with E-state index in [0.29, 0.717) is 25.2 Å². The summed E-state index contributed by atoms with van der Waals surface area (Å²) in [6, 6.07) is 5.88. The molecule has 0 bridgehead atoms. The van der Waals surface area contributed by atoms with E-state index in [1.54, 1.807) is 0 Å². The summed E-state index contributed by atoms with van der Waals surface area (Å²) in [4.78, 5) is 15.6. The number of pyridine rings is 1. The zero-order chi connectivity index (χ0) is 12.6. The van der Waals surface area contributed by atoms with Crippen LogP contribution < -0.4 is 21.5 Å². The first-order valence-electron chi connectivity index (χ1n) is 6.06. The first kappa shape index (κ1) is 15.5. The molecule has 0 aromatic carbocycles. The van der Waals surface area contributed by atoms with E-state index in [4.69, 9.17) is 4.52 Å². The summed E-state index contributed by atoms with van der Waals surface area (Å²) in [5.41, 5.74) is 0. The highest BCUT2D eigenvalue weighted by Gasteiger charge is 2.07. The summed E-state index contributed by atoms with van der Waals surface area (Å²) in [5, 5.41) is 3.52. The van der Waals surface area contributed by atoms with E-state index in [-0.39, 0.29) is 22.8 Å². The van der Waals surface area contributed by atoms with Crippen molar-refractivity contribution in [2.24, 2.45) is 0 Å². The van der Waals surface area contributed by atoms with Gasteiger partial charge < -0.3 is 21.5 Å². The number of halogens is 1. The number of aryl methyl sites for hydroxylation is 2. The molecule has 0 spiro atoms. The molecule has 0 unspecified atom stereocenters. The van der Waals surface area contributed by atoms with Crippen molar-refractivity contribution >= 4 is 5.78 Å². The maximum Gasteiger partial charge on any atom is 0.226 e. The van der Waals surface area contributed by atoms with Crippen LogP contribution in [0.1, 0.15) is 25.2 Å². The summed E-state index contributed by atoms with van der Waals surface area (Å²) >= 11 is 0. The van der Waals surface area contributed by atoms with Gasteiger partial charge in [0.05, 0.1) is 6.42 Å². The van der Waals surface area contributed by atoms with Gasteiger partial charge in [0, 0.05) is 25.0 Å². The zero-order valence-corrected chi connectivity index (χ0v) is 12.1. The van der Waals surface area contributed by atoms with Crippen molar-refractivity contribution in [2.45, 2.75) is 32.2 Å². The standard InChI is InChI=1S/C13H16N3O2.BrH/c17-12(5-4-6-13-14-11-15-18-13)7-10-16-8-2-1-3-9-16;/h1-3,8-9,11H,4-7,10H2;1H/q+1;/p-1. The minimum Gasteiger partial charge on any atom is -1.00 e. The van der Waals surface area contributed by atoms with Crippen LogP contribution in [0.3, 0.4) is 0 Å². The molecular weight excluding hydrogens is 310 g/mol. The molecule has 0 aliphatic rings. The Morgan fingerprint density at radius 3 is 2.68 bits per heavy atom. The second kappa shape index (κ2) is 8.53. The lowest BCUT2D eigenvalue weighted by Gasteiger charge is -1.97.